The lowest BCUT2D eigenvalue weighted by Gasteiger charge is -2.35. The normalized spacial score (nSPS) is 34.6. The largest absolute Gasteiger partial charge is 0.368 e. The molecule has 2 atom stereocenters. The SMILES string of the molecule is CCNC1C(CN(CC2CC2)C2CC2)C(C)(C)OC1(C)C. The lowest BCUT2D eigenvalue weighted by atomic mass is 9.82. The van der Waals surface area contributed by atoms with E-state index in [1.165, 1.54) is 38.8 Å². The first-order valence-electron chi connectivity index (χ1n) is 9.01. The Hall–Kier alpha value is -0.120. The molecule has 3 heteroatoms. The summed E-state index contributed by atoms with van der Waals surface area (Å²) in [5.41, 5.74) is -0.105. The van der Waals surface area contributed by atoms with Gasteiger partial charge in [-0.15, -0.1) is 0 Å². The van der Waals surface area contributed by atoms with E-state index in [0.29, 0.717) is 12.0 Å². The molecule has 0 radical (unpaired) electrons. The molecule has 0 aromatic rings. The average molecular weight is 294 g/mol. The first-order valence-corrected chi connectivity index (χ1v) is 9.01. The molecule has 3 fully saturated rings. The van der Waals surface area contributed by atoms with E-state index in [2.05, 4.69) is 44.8 Å². The lowest BCUT2D eigenvalue weighted by Crippen LogP contribution is -2.51. The van der Waals surface area contributed by atoms with Crippen molar-refractivity contribution < 1.29 is 4.74 Å². The second-order valence-corrected chi connectivity index (χ2v) is 8.58. The number of ether oxygens (including phenoxy) is 1. The van der Waals surface area contributed by atoms with Crippen LogP contribution in [0.25, 0.3) is 0 Å². The van der Waals surface area contributed by atoms with Crippen LogP contribution in [-0.4, -0.2) is 47.8 Å². The highest BCUT2D eigenvalue weighted by atomic mass is 16.5. The van der Waals surface area contributed by atoms with Gasteiger partial charge in [0.2, 0.25) is 0 Å². The molecular formula is C18H34N2O. The maximum Gasteiger partial charge on any atom is 0.0790 e. The monoisotopic (exact) mass is 294 g/mol. The van der Waals surface area contributed by atoms with Gasteiger partial charge < -0.3 is 10.1 Å². The third-order valence-electron chi connectivity index (χ3n) is 5.68. The van der Waals surface area contributed by atoms with Gasteiger partial charge in [-0.3, -0.25) is 4.90 Å². The average Bonchev–Trinajstić information content (AvgIpc) is 3.23. The van der Waals surface area contributed by atoms with Crippen LogP contribution in [0.4, 0.5) is 0 Å². The van der Waals surface area contributed by atoms with Gasteiger partial charge in [0.15, 0.2) is 0 Å². The lowest BCUT2D eigenvalue weighted by molar-refractivity contribution is -0.0798. The summed E-state index contributed by atoms with van der Waals surface area (Å²) >= 11 is 0. The Kier molecular flexibility index (Phi) is 4.13. The van der Waals surface area contributed by atoms with Crippen molar-refractivity contribution in [3.05, 3.63) is 0 Å². The fraction of sp³-hybridized carbons (Fsp3) is 1.00. The quantitative estimate of drug-likeness (QED) is 0.781. The van der Waals surface area contributed by atoms with E-state index in [1.54, 1.807) is 0 Å². The van der Waals surface area contributed by atoms with E-state index in [-0.39, 0.29) is 11.2 Å². The molecule has 21 heavy (non-hydrogen) atoms. The number of nitrogens with zero attached hydrogens (tertiary/aromatic N) is 1. The van der Waals surface area contributed by atoms with Gasteiger partial charge in [0.25, 0.3) is 0 Å². The van der Waals surface area contributed by atoms with Crippen LogP contribution >= 0.6 is 0 Å². The topological polar surface area (TPSA) is 24.5 Å². The molecule has 1 aliphatic heterocycles. The maximum absolute atomic E-state index is 6.45. The molecule has 3 aliphatic rings. The molecule has 1 saturated heterocycles. The Labute approximate surface area is 130 Å². The number of hydrogen-bond acceptors (Lipinski definition) is 3. The second kappa shape index (κ2) is 5.50. The van der Waals surface area contributed by atoms with Crippen molar-refractivity contribution in [3.63, 3.8) is 0 Å². The van der Waals surface area contributed by atoms with Crippen LogP contribution < -0.4 is 5.32 Å². The Balaban J connectivity index is 1.72. The molecule has 0 spiro atoms. The third-order valence-corrected chi connectivity index (χ3v) is 5.68. The van der Waals surface area contributed by atoms with Gasteiger partial charge in [0.1, 0.15) is 0 Å². The fourth-order valence-electron chi connectivity index (χ4n) is 4.33. The van der Waals surface area contributed by atoms with E-state index in [0.717, 1.165) is 18.5 Å². The van der Waals surface area contributed by atoms with Gasteiger partial charge in [0, 0.05) is 31.1 Å². The molecule has 0 bridgehead atoms. The summed E-state index contributed by atoms with van der Waals surface area (Å²) in [5, 5.41) is 3.72. The zero-order valence-electron chi connectivity index (χ0n) is 14.6. The molecule has 1 heterocycles. The first kappa shape index (κ1) is 15.8. The first-order chi connectivity index (χ1) is 9.83. The van der Waals surface area contributed by atoms with E-state index in [9.17, 15) is 0 Å². The minimum Gasteiger partial charge on any atom is -0.368 e. The van der Waals surface area contributed by atoms with Crippen LogP contribution in [0.2, 0.25) is 0 Å². The van der Waals surface area contributed by atoms with Crippen molar-refractivity contribution in [2.75, 3.05) is 19.6 Å². The van der Waals surface area contributed by atoms with Crippen molar-refractivity contribution >= 4 is 0 Å². The summed E-state index contributed by atoms with van der Waals surface area (Å²) in [6, 6.07) is 1.32. The highest BCUT2D eigenvalue weighted by Crippen LogP contribution is 2.44. The number of nitrogens with one attached hydrogen (secondary N) is 1. The summed E-state index contributed by atoms with van der Waals surface area (Å²) in [6.45, 7) is 14.9. The molecule has 3 nitrogen and oxygen atoms in total. The second-order valence-electron chi connectivity index (χ2n) is 8.58. The van der Waals surface area contributed by atoms with E-state index < -0.39 is 0 Å². The zero-order valence-corrected chi connectivity index (χ0v) is 14.6. The van der Waals surface area contributed by atoms with Crippen molar-refractivity contribution in [2.24, 2.45) is 11.8 Å². The third kappa shape index (κ3) is 3.46. The van der Waals surface area contributed by atoms with E-state index in [4.69, 9.17) is 4.74 Å². The predicted molar refractivity (Wildman–Crippen MR) is 87.5 cm³/mol. The molecule has 0 amide bonds. The summed E-state index contributed by atoms with van der Waals surface area (Å²) in [5.74, 6) is 1.56. The standard InChI is InChI=1S/C18H34N2O/c1-6-19-16-15(17(2,3)21-18(16,4)5)12-20(14-9-10-14)11-13-7-8-13/h13-16,19H,6-12H2,1-5H3. The van der Waals surface area contributed by atoms with Crippen LogP contribution in [0.5, 0.6) is 0 Å². The molecule has 1 N–H and O–H groups in total. The zero-order chi connectivity index (χ0) is 15.3. The van der Waals surface area contributed by atoms with Crippen LogP contribution in [0.3, 0.4) is 0 Å². The van der Waals surface area contributed by atoms with Gasteiger partial charge in [-0.1, -0.05) is 6.92 Å². The van der Waals surface area contributed by atoms with Gasteiger partial charge in [-0.2, -0.15) is 0 Å². The molecule has 0 aromatic heterocycles. The summed E-state index contributed by atoms with van der Waals surface area (Å²) in [6.07, 6.45) is 5.73. The van der Waals surface area contributed by atoms with Crippen molar-refractivity contribution in [1.29, 1.82) is 0 Å². The molecular weight excluding hydrogens is 260 g/mol. The fourth-order valence-corrected chi connectivity index (χ4v) is 4.33. The van der Waals surface area contributed by atoms with Crippen molar-refractivity contribution in [2.45, 2.75) is 83.6 Å². The smallest absolute Gasteiger partial charge is 0.0790 e. The van der Waals surface area contributed by atoms with Crippen LogP contribution in [0, 0.1) is 11.8 Å². The Bertz CT molecular complexity index is 371. The maximum atomic E-state index is 6.45. The number of likely N-dealkylation sites (N-methyl/N-ethyl adjacent to an activating group) is 1. The van der Waals surface area contributed by atoms with Gasteiger partial charge in [-0.25, -0.2) is 0 Å². The van der Waals surface area contributed by atoms with Gasteiger partial charge in [-0.05, 0) is 65.8 Å². The molecule has 3 rings (SSSR count). The highest BCUT2D eigenvalue weighted by molar-refractivity contribution is 5.07. The van der Waals surface area contributed by atoms with Crippen LogP contribution in [0.15, 0.2) is 0 Å². The van der Waals surface area contributed by atoms with Gasteiger partial charge >= 0.3 is 0 Å². The highest BCUT2D eigenvalue weighted by Gasteiger charge is 2.54. The van der Waals surface area contributed by atoms with Crippen molar-refractivity contribution in [3.8, 4) is 0 Å². The summed E-state index contributed by atoms with van der Waals surface area (Å²) in [7, 11) is 0. The number of hydrogen-bond donors (Lipinski definition) is 1. The summed E-state index contributed by atoms with van der Waals surface area (Å²) in [4.78, 5) is 2.79. The molecule has 2 saturated carbocycles. The summed E-state index contributed by atoms with van der Waals surface area (Å²) < 4.78 is 6.45. The molecule has 2 unspecified atom stereocenters. The predicted octanol–water partition coefficient (Wildman–Crippen LogP) is 3.04. The minimum atomic E-state index is -0.0705. The van der Waals surface area contributed by atoms with Crippen molar-refractivity contribution in [1.82, 2.24) is 10.2 Å². The van der Waals surface area contributed by atoms with E-state index in [1.807, 2.05) is 0 Å². The minimum absolute atomic E-state index is 0.0347. The molecule has 2 aliphatic carbocycles. The Morgan fingerprint density at radius 2 is 1.67 bits per heavy atom. The molecule has 122 valence electrons. The van der Waals surface area contributed by atoms with Gasteiger partial charge in [0.05, 0.1) is 11.2 Å². The van der Waals surface area contributed by atoms with Crippen LogP contribution in [-0.2, 0) is 4.74 Å². The van der Waals surface area contributed by atoms with E-state index >= 15 is 0 Å². The Morgan fingerprint density at radius 3 is 2.19 bits per heavy atom. The molecule has 0 aromatic carbocycles. The Morgan fingerprint density at radius 1 is 1.00 bits per heavy atom. The number of rotatable bonds is 7. The van der Waals surface area contributed by atoms with Crippen LogP contribution in [0.1, 0.15) is 60.3 Å².